The number of hydrogen-bond acceptors (Lipinski definition) is 9. The molecule has 13 heteroatoms. The lowest BCUT2D eigenvalue weighted by molar-refractivity contribution is -0.0463. The van der Waals surface area contributed by atoms with Gasteiger partial charge < -0.3 is 27.3 Å². The second kappa shape index (κ2) is 13.8. The topological polar surface area (TPSA) is 96.9 Å². The first-order valence-corrected chi connectivity index (χ1v) is 27.9. The summed E-state index contributed by atoms with van der Waals surface area (Å²) in [5, 5.41) is -0.0624. The number of furan rings is 1. The van der Waals surface area contributed by atoms with Crippen molar-refractivity contribution in [3.05, 3.63) is 54.6 Å². The average Bonchev–Trinajstić information content (AvgIpc) is 3.84. The lowest BCUT2D eigenvalue weighted by atomic mass is 10.1. The zero-order chi connectivity index (χ0) is 38.9. The third-order valence-corrected chi connectivity index (χ3v) is 26.2. The molecule has 53 heavy (non-hydrogen) atoms. The summed E-state index contributed by atoms with van der Waals surface area (Å²) in [5.41, 5.74) is 3.79. The van der Waals surface area contributed by atoms with E-state index in [2.05, 4.69) is 135 Å². The van der Waals surface area contributed by atoms with Gasteiger partial charge in [-0.15, -0.1) is 0 Å². The van der Waals surface area contributed by atoms with Crippen LogP contribution in [0.2, 0.25) is 54.4 Å². The molecular weight excluding hydrogens is 715 g/mol. The van der Waals surface area contributed by atoms with Crippen molar-refractivity contribution in [3.8, 4) is 11.6 Å². The predicted molar refractivity (Wildman–Crippen MR) is 221 cm³/mol. The van der Waals surface area contributed by atoms with Crippen LogP contribution < -0.4 is 4.90 Å². The van der Waals surface area contributed by atoms with E-state index in [0.29, 0.717) is 29.4 Å². The van der Waals surface area contributed by atoms with Gasteiger partial charge in [-0.1, -0.05) is 80.5 Å². The number of anilines is 2. The van der Waals surface area contributed by atoms with Crippen molar-refractivity contribution in [2.75, 3.05) is 18.1 Å². The molecule has 5 heterocycles. The van der Waals surface area contributed by atoms with Gasteiger partial charge in [0, 0.05) is 12.2 Å². The molecule has 4 atom stereocenters. The number of hydrogen-bond donors (Lipinski definition) is 0. The Bertz CT molecular complexity index is 1910. The Kier molecular flexibility index (Phi) is 10.4. The van der Waals surface area contributed by atoms with E-state index in [1.54, 1.807) is 12.6 Å². The lowest BCUT2D eigenvalue weighted by Gasteiger charge is -2.44. The number of rotatable bonds is 10. The second-order valence-electron chi connectivity index (χ2n) is 19.5. The van der Waals surface area contributed by atoms with Crippen molar-refractivity contribution in [1.29, 1.82) is 0 Å². The number of benzene rings is 1. The van der Waals surface area contributed by atoms with Crippen LogP contribution in [0.25, 0.3) is 22.7 Å². The van der Waals surface area contributed by atoms with Gasteiger partial charge in [-0.2, -0.15) is 0 Å². The van der Waals surface area contributed by atoms with Crippen molar-refractivity contribution >= 4 is 47.6 Å². The molecule has 0 N–H and O–H groups in total. The van der Waals surface area contributed by atoms with Crippen LogP contribution in [0.4, 0.5) is 11.5 Å². The van der Waals surface area contributed by atoms with Gasteiger partial charge in [0.15, 0.2) is 59.7 Å². The Hall–Kier alpha value is -2.66. The Morgan fingerprint density at radius 3 is 2.00 bits per heavy atom. The first-order valence-electron chi connectivity index (χ1n) is 19.2. The first-order chi connectivity index (χ1) is 24.4. The van der Waals surface area contributed by atoms with E-state index in [-0.39, 0.29) is 15.1 Å². The van der Waals surface area contributed by atoms with Crippen LogP contribution in [-0.2, 0) is 24.4 Å². The summed E-state index contributed by atoms with van der Waals surface area (Å²) in [7, 11) is -6.90. The molecule has 0 spiro atoms. The fourth-order valence-electron chi connectivity index (χ4n) is 6.33. The van der Waals surface area contributed by atoms with Crippen LogP contribution in [0.1, 0.15) is 74.1 Å². The number of nitrogens with zero attached hydrogens (tertiary/aromatic N) is 5. The summed E-state index contributed by atoms with van der Waals surface area (Å²) >= 11 is 0. The van der Waals surface area contributed by atoms with Crippen LogP contribution in [0.3, 0.4) is 0 Å². The highest BCUT2D eigenvalue weighted by atomic mass is 28.4. The number of ether oxygens (including phenoxy) is 1. The highest BCUT2D eigenvalue weighted by Gasteiger charge is 2.56. The third kappa shape index (κ3) is 7.51. The minimum atomic E-state index is -2.40. The number of para-hydroxylation sites is 1. The van der Waals surface area contributed by atoms with E-state index >= 15 is 0 Å². The molecule has 6 rings (SSSR count). The van der Waals surface area contributed by atoms with Crippen LogP contribution in [0, 0.1) is 0 Å². The van der Waals surface area contributed by atoms with Gasteiger partial charge >= 0.3 is 0 Å². The molecule has 2 aliphatic rings. The zero-order valence-corrected chi connectivity index (χ0v) is 37.8. The standard InChI is InChI=1S/C40H63N5O5Si3/c1-38(2,3)51(10,11)47-25-30-32(49-52(12,13)39(4,5)6)33(50-53(14,15)40(7,8)9)37(48-30)45-34(29-21-18-24-46-29)43-31-35(41-26-42-36(31)45)44-23-22-27-19-16-17-20-28(27)44/h16-21,24,26,30,32-33,37H,22-23,25H2,1-15H3/t30-,32-,33-,37-/m1/s1. The third-order valence-electron chi connectivity index (χ3n) is 12.8. The Balaban J connectivity index is 1.56. The molecule has 0 saturated carbocycles. The molecule has 1 saturated heterocycles. The largest absolute Gasteiger partial charge is 0.461 e. The van der Waals surface area contributed by atoms with Gasteiger partial charge in [-0.05, 0) is 84.6 Å². The monoisotopic (exact) mass is 777 g/mol. The summed E-state index contributed by atoms with van der Waals surface area (Å²) in [6.45, 7) is 35.5. The molecule has 0 aliphatic carbocycles. The summed E-state index contributed by atoms with van der Waals surface area (Å²) in [6.07, 6.45) is 2.36. The smallest absolute Gasteiger partial charge is 0.192 e. The molecule has 3 aromatic heterocycles. The fourth-order valence-corrected chi connectivity index (χ4v) is 9.95. The number of imidazole rings is 1. The van der Waals surface area contributed by atoms with Gasteiger partial charge in [0.25, 0.3) is 0 Å². The molecule has 1 fully saturated rings. The maximum absolute atomic E-state index is 7.53. The van der Waals surface area contributed by atoms with Crippen LogP contribution in [-0.4, -0.2) is 75.9 Å². The van der Waals surface area contributed by atoms with Gasteiger partial charge in [0.1, 0.15) is 24.6 Å². The molecule has 2 aliphatic heterocycles. The summed E-state index contributed by atoms with van der Waals surface area (Å²) in [6, 6.07) is 12.3. The Labute approximate surface area is 320 Å². The highest BCUT2D eigenvalue weighted by Crippen LogP contribution is 2.48. The van der Waals surface area contributed by atoms with Crippen LogP contribution in [0.15, 0.2) is 53.4 Å². The van der Waals surface area contributed by atoms with Crippen molar-refractivity contribution < 1.29 is 22.4 Å². The van der Waals surface area contributed by atoms with E-state index in [9.17, 15) is 0 Å². The fraction of sp³-hybridized carbons (Fsp3) is 0.625. The van der Waals surface area contributed by atoms with Crippen molar-refractivity contribution in [2.24, 2.45) is 0 Å². The zero-order valence-electron chi connectivity index (χ0n) is 34.8. The SMILES string of the molecule is CC(C)(C)[Si](C)(C)OC[C@H]1O[C@@H](n2c(-c3ccco3)nc3c(N4CCc5ccccc54)ncnc32)[C@H](O[Si](C)(C)C(C)(C)C)[C@@H]1O[Si](C)(C)C(C)(C)C. The van der Waals surface area contributed by atoms with Crippen molar-refractivity contribution in [2.45, 2.75) is 148 Å². The maximum Gasteiger partial charge on any atom is 0.192 e. The van der Waals surface area contributed by atoms with Crippen LogP contribution in [0.5, 0.6) is 0 Å². The molecule has 0 bridgehead atoms. The first kappa shape index (κ1) is 40.0. The molecule has 0 radical (unpaired) electrons. The quantitative estimate of drug-likeness (QED) is 0.146. The number of fused-ring (bicyclic) bond motifs is 2. The van der Waals surface area contributed by atoms with E-state index in [0.717, 1.165) is 24.5 Å². The predicted octanol–water partition coefficient (Wildman–Crippen LogP) is 10.5. The summed E-state index contributed by atoms with van der Waals surface area (Å²) in [4.78, 5) is 17.4. The molecule has 290 valence electrons. The molecule has 4 aromatic rings. The summed E-state index contributed by atoms with van der Waals surface area (Å²) < 4.78 is 37.5. The van der Waals surface area contributed by atoms with Gasteiger partial charge in [-0.25, -0.2) is 15.0 Å². The second-order valence-corrected chi connectivity index (χ2v) is 33.8. The van der Waals surface area contributed by atoms with Crippen LogP contribution >= 0.6 is 0 Å². The van der Waals surface area contributed by atoms with Gasteiger partial charge in [0.05, 0.1) is 12.9 Å². The highest BCUT2D eigenvalue weighted by molar-refractivity contribution is 6.75. The lowest BCUT2D eigenvalue weighted by Crippen LogP contribution is -2.54. The normalized spacial score (nSPS) is 21.9. The maximum atomic E-state index is 7.53. The Morgan fingerprint density at radius 2 is 1.40 bits per heavy atom. The minimum absolute atomic E-state index is 0.0341. The molecule has 0 amide bonds. The van der Waals surface area contributed by atoms with Crippen molar-refractivity contribution in [1.82, 2.24) is 19.5 Å². The molecule has 1 aromatic carbocycles. The number of aromatic nitrogens is 4. The van der Waals surface area contributed by atoms with E-state index in [1.165, 1.54) is 5.56 Å². The van der Waals surface area contributed by atoms with E-state index in [1.807, 2.05) is 12.1 Å². The summed E-state index contributed by atoms with van der Waals surface area (Å²) in [5.74, 6) is 2.00. The Morgan fingerprint density at radius 1 is 0.774 bits per heavy atom. The minimum Gasteiger partial charge on any atom is -0.461 e. The average molecular weight is 778 g/mol. The van der Waals surface area contributed by atoms with Gasteiger partial charge in [-0.3, -0.25) is 4.57 Å². The van der Waals surface area contributed by atoms with Crippen molar-refractivity contribution in [3.63, 3.8) is 0 Å². The molecule has 10 nitrogen and oxygen atoms in total. The molecule has 0 unspecified atom stereocenters. The van der Waals surface area contributed by atoms with Gasteiger partial charge in [0.2, 0.25) is 0 Å². The van der Waals surface area contributed by atoms with E-state index in [4.69, 9.17) is 37.4 Å². The van der Waals surface area contributed by atoms with E-state index < -0.39 is 49.5 Å². The molecular formula is C40H63N5O5Si3.